The van der Waals surface area contributed by atoms with Gasteiger partial charge in [-0.2, -0.15) is 0 Å². The van der Waals surface area contributed by atoms with Gasteiger partial charge in [0.2, 0.25) is 0 Å². The van der Waals surface area contributed by atoms with E-state index in [9.17, 15) is 4.79 Å². The molecule has 0 aromatic rings. The van der Waals surface area contributed by atoms with Gasteiger partial charge in [0.25, 0.3) is 0 Å². The van der Waals surface area contributed by atoms with E-state index in [4.69, 9.17) is 10.5 Å². The van der Waals surface area contributed by atoms with Crippen molar-refractivity contribution in [2.75, 3.05) is 18.1 Å². The fourth-order valence-electron chi connectivity index (χ4n) is 1.03. The van der Waals surface area contributed by atoms with E-state index < -0.39 is 5.54 Å². The van der Waals surface area contributed by atoms with Crippen molar-refractivity contribution >= 4 is 27.6 Å². The Morgan fingerprint density at radius 2 is 1.68 bits per heavy atom. The van der Waals surface area contributed by atoms with Gasteiger partial charge in [-0.25, -0.2) is 0 Å². The molecular weight excluding hydrogens is 278 g/mol. The van der Waals surface area contributed by atoms with Crippen molar-refractivity contribution in [3.8, 4) is 0 Å². The highest BCUT2D eigenvalue weighted by molar-refractivity contribution is 8.76. The van der Waals surface area contributed by atoms with E-state index in [0.29, 0.717) is 12.0 Å². The second kappa shape index (κ2) is 8.42. The van der Waals surface area contributed by atoms with Crippen LogP contribution in [-0.4, -0.2) is 29.6 Å². The highest BCUT2D eigenvalue weighted by atomic mass is 33.1. The zero-order valence-corrected chi connectivity index (χ0v) is 14.7. The van der Waals surface area contributed by atoms with E-state index in [1.807, 2.05) is 24.6 Å². The lowest BCUT2D eigenvalue weighted by Gasteiger charge is -2.26. The van der Waals surface area contributed by atoms with E-state index in [-0.39, 0.29) is 11.9 Å². The fourth-order valence-corrected chi connectivity index (χ4v) is 3.27. The first kappa shape index (κ1) is 19.1. The molecule has 0 aliphatic rings. The van der Waals surface area contributed by atoms with Crippen LogP contribution in [0.2, 0.25) is 0 Å². The molecule has 19 heavy (non-hydrogen) atoms. The molecule has 5 heteroatoms. The molecule has 0 heterocycles. The van der Waals surface area contributed by atoms with Crippen molar-refractivity contribution in [3.63, 3.8) is 0 Å². The maximum absolute atomic E-state index is 11.8. The van der Waals surface area contributed by atoms with Crippen LogP contribution in [0.1, 0.15) is 48.0 Å². The molecule has 0 aliphatic carbocycles. The molecule has 0 bridgehead atoms. The molecule has 0 rings (SSSR count). The molecule has 1 atom stereocenters. The first-order valence-corrected chi connectivity index (χ1v) is 9.26. The summed E-state index contributed by atoms with van der Waals surface area (Å²) >= 11 is 0. The largest absolute Gasteiger partial charge is 0.463 e. The number of carbonyl (C=O) groups excluding carboxylic acids is 1. The van der Waals surface area contributed by atoms with E-state index in [2.05, 4.69) is 20.8 Å². The van der Waals surface area contributed by atoms with Gasteiger partial charge in [-0.1, -0.05) is 56.2 Å². The lowest BCUT2D eigenvalue weighted by Crippen LogP contribution is -2.50. The first-order valence-electron chi connectivity index (χ1n) is 6.78. The Bertz CT molecular complexity index is 273. The Morgan fingerprint density at radius 3 is 2.16 bits per heavy atom. The highest BCUT2D eigenvalue weighted by Gasteiger charge is 2.33. The first-order chi connectivity index (χ1) is 8.57. The number of hydrogen-bond donors (Lipinski definition) is 1. The Balaban J connectivity index is 3.63. The molecule has 0 saturated carbocycles. The molecule has 0 radical (unpaired) electrons. The van der Waals surface area contributed by atoms with Crippen LogP contribution in [0.15, 0.2) is 0 Å². The zero-order chi connectivity index (χ0) is 15.1. The number of rotatable bonds is 8. The molecule has 114 valence electrons. The lowest BCUT2D eigenvalue weighted by atomic mass is 9.90. The summed E-state index contributed by atoms with van der Waals surface area (Å²) in [6.07, 6.45) is 1.19. The van der Waals surface area contributed by atoms with Gasteiger partial charge in [0.1, 0.15) is 12.1 Å². The van der Waals surface area contributed by atoms with Gasteiger partial charge in [-0.3, -0.25) is 4.79 Å². The third kappa shape index (κ3) is 8.82. The minimum Gasteiger partial charge on any atom is -0.463 e. The number of esters is 1. The number of nitrogens with two attached hydrogens (primary N) is 1. The molecule has 2 N–H and O–H groups in total. The summed E-state index contributed by atoms with van der Waals surface area (Å²) in [5.41, 5.74) is 5.43. The van der Waals surface area contributed by atoms with Crippen molar-refractivity contribution in [2.24, 2.45) is 17.1 Å². The van der Waals surface area contributed by atoms with Crippen molar-refractivity contribution in [3.05, 3.63) is 0 Å². The summed E-state index contributed by atoms with van der Waals surface area (Å²) in [5.74, 6) is 1.72. The van der Waals surface area contributed by atoms with E-state index in [1.165, 1.54) is 6.42 Å². The summed E-state index contributed by atoms with van der Waals surface area (Å²) in [5, 5.41) is 0. The van der Waals surface area contributed by atoms with Gasteiger partial charge in [0.05, 0.1) is 0 Å². The van der Waals surface area contributed by atoms with Gasteiger partial charge >= 0.3 is 5.97 Å². The summed E-state index contributed by atoms with van der Waals surface area (Å²) in [6.45, 7) is 12.8. The molecule has 0 aromatic heterocycles. The quantitative estimate of drug-likeness (QED) is 0.421. The Morgan fingerprint density at radius 1 is 1.16 bits per heavy atom. The van der Waals surface area contributed by atoms with Crippen LogP contribution >= 0.6 is 21.6 Å². The van der Waals surface area contributed by atoms with Crippen LogP contribution < -0.4 is 5.73 Å². The van der Waals surface area contributed by atoms with Crippen molar-refractivity contribution in [2.45, 2.75) is 53.5 Å². The minimum atomic E-state index is -0.885. The Labute approximate surface area is 126 Å². The molecule has 0 saturated heterocycles. The molecule has 1 unspecified atom stereocenters. The van der Waals surface area contributed by atoms with Crippen LogP contribution in [0, 0.1) is 11.3 Å². The van der Waals surface area contributed by atoms with Crippen molar-refractivity contribution in [1.29, 1.82) is 0 Å². The SMILES string of the molecule is CC(C)C(C)(N)C(=O)OCCSSCCC(C)(C)C. The van der Waals surface area contributed by atoms with Gasteiger partial charge in [-0.15, -0.1) is 0 Å². The topological polar surface area (TPSA) is 52.3 Å². The van der Waals surface area contributed by atoms with Crippen molar-refractivity contribution in [1.82, 2.24) is 0 Å². The average Bonchev–Trinajstić information content (AvgIpc) is 2.25. The standard InChI is InChI=1S/C14H29NO2S2/c1-11(2)14(6,15)12(16)17-8-10-19-18-9-7-13(3,4)5/h11H,7-10,15H2,1-6H3. The maximum Gasteiger partial charge on any atom is 0.326 e. The molecule has 0 aliphatic heterocycles. The van der Waals surface area contributed by atoms with Gasteiger partial charge in [-0.05, 0) is 24.7 Å². The molecular formula is C14H29NO2S2. The normalized spacial score (nSPS) is 15.4. The number of ether oxygens (including phenoxy) is 1. The summed E-state index contributed by atoms with van der Waals surface area (Å²) in [7, 11) is 3.59. The van der Waals surface area contributed by atoms with E-state index in [1.54, 1.807) is 17.7 Å². The molecule has 0 spiro atoms. The van der Waals surface area contributed by atoms with E-state index in [0.717, 1.165) is 11.5 Å². The molecule has 0 fully saturated rings. The molecule has 0 amide bonds. The monoisotopic (exact) mass is 307 g/mol. The van der Waals surface area contributed by atoms with E-state index >= 15 is 0 Å². The third-order valence-electron chi connectivity index (χ3n) is 3.06. The van der Waals surface area contributed by atoms with Gasteiger partial charge in [0.15, 0.2) is 0 Å². The zero-order valence-electron chi connectivity index (χ0n) is 13.1. The fraction of sp³-hybridized carbons (Fsp3) is 0.929. The number of carbonyl (C=O) groups is 1. The lowest BCUT2D eigenvalue weighted by molar-refractivity contribution is -0.150. The predicted molar refractivity (Wildman–Crippen MR) is 87.4 cm³/mol. The Hall–Kier alpha value is 0.130. The van der Waals surface area contributed by atoms with Crippen LogP contribution in [0.3, 0.4) is 0 Å². The smallest absolute Gasteiger partial charge is 0.326 e. The minimum absolute atomic E-state index is 0.0776. The van der Waals surface area contributed by atoms with Gasteiger partial charge in [0, 0.05) is 11.5 Å². The average molecular weight is 308 g/mol. The second-order valence-electron chi connectivity index (χ2n) is 6.53. The summed E-state index contributed by atoms with van der Waals surface area (Å²) < 4.78 is 5.22. The molecule has 0 aromatic carbocycles. The Kier molecular flexibility index (Phi) is 8.48. The van der Waals surface area contributed by atoms with Crippen LogP contribution in [0.4, 0.5) is 0 Å². The maximum atomic E-state index is 11.8. The van der Waals surface area contributed by atoms with Gasteiger partial charge < -0.3 is 10.5 Å². The van der Waals surface area contributed by atoms with Crippen molar-refractivity contribution < 1.29 is 9.53 Å². The van der Waals surface area contributed by atoms with Crippen LogP contribution in [-0.2, 0) is 9.53 Å². The third-order valence-corrected chi connectivity index (χ3v) is 5.43. The number of hydrogen-bond acceptors (Lipinski definition) is 5. The summed E-state index contributed by atoms with van der Waals surface area (Å²) in [4.78, 5) is 11.8. The van der Waals surface area contributed by atoms with Crippen LogP contribution in [0.5, 0.6) is 0 Å². The predicted octanol–water partition coefficient (Wildman–Crippen LogP) is 3.72. The highest BCUT2D eigenvalue weighted by Crippen LogP contribution is 2.27. The second-order valence-corrected chi connectivity index (χ2v) is 9.23. The van der Waals surface area contributed by atoms with Crippen LogP contribution in [0.25, 0.3) is 0 Å². The molecule has 3 nitrogen and oxygen atoms in total. The summed E-state index contributed by atoms with van der Waals surface area (Å²) in [6, 6.07) is 0.